The molecular formula is C22H23NO4. The molecule has 0 fully saturated rings. The molecular weight excluding hydrogens is 342 g/mol. The van der Waals surface area contributed by atoms with Crippen LogP contribution in [0.25, 0.3) is 11.3 Å². The van der Waals surface area contributed by atoms with Gasteiger partial charge in [-0.2, -0.15) is 0 Å². The smallest absolute Gasteiger partial charge is 0.344 e. The van der Waals surface area contributed by atoms with Crippen LogP contribution in [0.1, 0.15) is 36.6 Å². The predicted molar refractivity (Wildman–Crippen MR) is 102 cm³/mol. The molecule has 0 N–H and O–H groups in total. The Morgan fingerprint density at radius 1 is 1.07 bits per heavy atom. The normalized spacial score (nSPS) is 10.8. The van der Waals surface area contributed by atoms with Gasteiger partial charge in [0.05, 0.1) is 0 Å². The van der Waals surface area contributed by atoms with E-state index in [1.165, 1.54) is 11.1 Å². The molecule has 0 spiro atoms. The first-order valence-corrected chi connectivity index (χ1v) is 8.92. The molecule has 0 unspecified atom stereocenters. The van der Waals surface area contributed by atoms with E-state index in [1.807, 2.05) is 55.5 Å². The number of aryl methyl sites for hydroxylation is 1. The third-order valence-electron chi connectivity index (χ3n) is 4.18. The molecule has 1 aromatic heterocycles. The summed E-state index contributed by atoms with van der Waals surface area (Å²) >= 11 is 0. The van der Waals surface area contributed by atoms with Crippen molar-refractivity contribution in [2.75, 3.05) is 6.61 Å². The van der Waals surface area contributed by atoms with Gasteiger partial charge in [0.2, 0.25) is 0 Å². The Hall–Kier alpha value is -3.08. The third kappa shape index (κ3) is 5.20. The van der Waals surface area contributed by atoms with Crippen LogP contribution in [0.15, 0.2) is 59.1 Å². The average Bonchev–Trinajstić information content (AvgIpc) is 3.14. The van der Waals surface area contributed by atoms with Gasteiger partial charge in [-0.05, 0) is 30.5 Å². The highest BCUT2D eigenvalue weighted by Gasteiger charge is 2.10. The lowest BCUT2D eigenvalue weighted by atomic mass is 10.0. The van der Waals surface area contributed by atoms with Crippen LogP contribution in [0.2, 0.25) is 0 Å². The number of rotatable bonds is 7. The van der Waals surface area contributed by atoms with Crippen LogP contribution in [0, 0.1) is 6.92 Å². The highest BCUT2D eigenvalue weighted by atomic mass is 16.6. The van der Waals surface area contributed by atoms with Gasteiger partial charge in [0, 0.05) is 11.6 Å². The summed E-state index contributed by atoms with van der Waals surface area (Å²) in [4.78, 5) is 11.9. The second-order valence-corrected chi connectivity index (χ2v) is 6.72. The summed E-state index contributed by atoms with van der Waals surface area (Å²) in [5, 5.41) is 3.94. The Balaban J connectivity index is 1.47. The minimum atomic E-state index is -0.456. The Labute approximate surface area is 158 Å². The number of ether oxygens (including phenoxy) is 2. The highest BCUT2D eigenvalue weighted by Crippen LogP contribution is 2.21. The SMILES string of the molecule is Cc1ccc(-c2cc(COC(=O)COc3ccc(C(C)C)cc3)no2)cc1. The molecule has 0 saturated heterocycles. The molecule has 0 amide bonds. The number of carbonyl (C=O) groups excluding carboxylic acids is 1. The molecule has 5 nitrogen and oxygen atoms in total. The first kappa shape index (κ1) is 18.7. The van der Waals surface area contributed by atoms with Gasteiger partial charge in [0.1, 0.15) is 18.1 Å². The number of aromatic nitrogens is 1. The Kier molecular flexibility index (Phi) is 5.91. The zero-order chi connectivity index (χ0) is 19.2. The van der Waals surface area contributed by atoms with Crippen molar-refractivity contribution in [1.29, 1.82) is 0 Å². The number of hydrogen-bond acceptors (Lipinski definition) is 5. The third-order valence-corrected chi connectivity index (χ3v) is 4.18. The van der Waals surface area contributed by atoms with Gasteiger partial charge in [0.25, 0.3) is 0 Å². The maximum atomic E-state index is 11.9. The van der Waals surface area contributed by atoms with E-state index in [1.54, 1.807) is 6.07 Å². The number of esters is 1. The minimum absolute atomic E-state index is 0.0455. The zero-order valence-corrected chi connectivity index (χ0v) is 15.8. The summed E-state index contributed by atoms with van der Waals surface area (Å²) in [6, 6.07) is 17.4. The lowest BCUT2D eigenvalue weighted by molar-refractivity contribution is -0.147. The van der Waals surface area contributed by atoms with E-state index in [0.29, 0.717) is 23.1 Å². The van der Waals surface area contributed by atoms with Crippen molar-refractivity contribution in [3.05, 3.63) is 71.4 Å². The monoisotopic (exact) mass is 365 g/mol. The van der Waals surface area contributed by atoms with E-state index < -0.39 is 5.97 Å². The second kappa shape index (κ2) is 8.54. The molecule has 27 heavy (non-hydrogen) atoms. The minimum Gasteiger partial charge on any atom is -0.482 e. The van der Waals surface area contributed by atoms with Crippen LogP contribution >= 0.6 is 0 Å². The Morgan fingerprint density at radius 2 is 1.78 bits per heavy atom. The van der Waals surface area contributed by atoms with Crippen LogP contribution in [0.5, 0.6) is 5.75 Å². The average molecular weight is 365 g/mol. The van der Waals surface area contributed by atoms with Gasteiger partial charge >= 0.3 is 5.97 Å². The second-order valence-electron chi connectivity index (χ2n) is 6.72. The Bertz CT molecular complexity index is 879. The van der Waals surface area contributed by atoms with Gasteiger partial charge in [-0.15, -0.1) is 0 Å². The quantitative estimate of drug-likeness (QED) is 0.558. The maximum absolute atomic E-state index is 11.9. The highest BCUT2D eigenvalue weighted by molar-refractivity contribution is 5.71. The first-order chi connectivity index (χ1) is 13.0. The number of hydrogen-bond donors (Lipinski definition) is 0. The van der Waals surface area contributed by atoms with E-state index >= 15 is 0 Å². The molecule has 1 heterocycles. The molecule has 0 aliphatic rings. The number of carbonyl (C=O) groups is 1. The van der Waals surface area contributed by atoms with Gasteiger partial charge in [-0.3, -0.25) is 0 Å². The fraction of sp³-hybridized carbons (Fsp3) is 0.273. The van der Waals surface area contributed by atoms with Crippen LogP contribution in [0.3, 0.4) is 0 Å². The first-order valence-electron chi connectivity index (χ1n) is 8.92. The van der Waals surface area contributed by atoms with Gasteiger partial charge in [-0.1, -0.05) is 61.0 Å². The van der Waals surface area contributed by atoms with Crippen LogP contribution < -0.4 is 4.74 Å². The molecule has 3 rings (SSSR count). The van der Waals surface area contributed by atoms with Crippen molar-refractivity contribution >= 4 is 5.97 Å². The van der Waals surface area contributed by atoms with Crippen molar-refractivity contribution in [3.8, 4) is 17.1 Å². The van der Waals surface area contributed by atoms with Crippen molar-refractivity contribution in [2.45, 2.75) is 33.3 Å². The lowest BCUT2D eigenvalue weighted by Crippen LogP contribution is -2.14. The fourth-order valence-corrected chi connectivity index (χ4v) is 2.52. The van der Waals surface area contributed by atoms with Crippen LogP contribution in [-0.4, -0.2) is 17.7 Å². The fourth-order valence-electron chi connectivity index (χ4n) is 2.52. The molecule has 140 valence electrons. The molecule has 0 bridgehead atoms. The van der Waals surface area contributed by atoms with Gasteiger partial charge in [-0.25, -0.2) is 4.79 Å². The lowest BCUT2D eigenvalue weighted by Gasteiger charge is -2.08. The van der Waals surface area contributed by atoms with Gasteiger partial charge in [0.15, 0.2) is 12.4 Å². The molecule has 0 radical (unpaired) electrons. The summed E-state index contributed by atoms with van der Waals surface area (Å²) in [5.41, 5.74) is 3.88. The summed E-state index contributed by atoms with van der Waals surface area (Å²) in [7, 11) is 0. The zero-order valence-electron chi connectivity index (χ0n) is 15.8. The van der Waals surface area contributed by atoms with E-state index in [-0.39, 0.29) is 13.2 Å². The summed E-state index contributed by atoms with van der Waals surface area (Å²) in [5.74, 6) is 1.28. The predicted octanol–water partition coefficient (Wildman–Crippen LogP) is 4.90. The molecule has 0 atom stereocenters. The van der Waals surface area contributed by atoms with Crippen LogP contribution in [0.4, 0.5) is 0 Å². The summed E-state index contributed by atoms with van der Waals surface area (Å²) in [6.07, 6.45) is 0. The molecule has 0 aliphatic heterocycles. The van der Waals surface area contributed by atoms with E-state index in [2.05, 4.69) is 19.0 Å². The van der Waals surface area contributed by atoms with Crippen molar-refractivity contribution in [1.82, 2.24) is 5.16 Å². The maximum Gasteiger partial charge on any atom is 0.344 e. The van der Waals surface area contributed by atoms with Gasteiger partial charge < -0.3 is 14.0 Å². The Morgan fingerprint density at radius 3 is 2.44 bits per heavy atom. The molecule has 0 aliphatic carbocycles. The topological polar surface area (TPSA) is 61.6 Å². The van der Waals surface area contributed by atoms with Crippen molar-refractivity contribution in [2.24, 2.45) is 0 Å². The molecule has 2 aromatic carbocycles. The van der Waals surface area contributed by atoms with Crippen LogP contribution in [-0.2, 0) is 16.1 Å². The van der Waals surface area contributed by atoms with E-state index in [4.69, 9.17) is 14.0 Å². The molecule has 3 aromatic rings. The summed E-state index contributed by atoms with van der Waals surface area (Å²) in [6.45, 7) is 6.17. The van der Waals surface area contributed by atoms with Crippen molar-refractivity contribution in [3.63, 3.8) is 0 Å². The standard InChI is InChI=1S/C22H23NO4/c1-15(2)17-8-10-20(11-9-17)25-14-22(24)26-13-19-12-21(27-23-19)18-6-4-16(3)5-7-18/h4-12,15H,13-14H2,1-3H3. The number of benzene rings is 2. The van der Waals surface area contributed by atoms with Crippen molar-refractivity contribution < 1.29 is 18.8 Å². The van der Waals surface area contributed by atoms with E-state index in [0.717, 1.165) is 5.56 Å². The molecule has 5 heteroatoms. The largest absolute Gasteiger partial charge is 0.482 e. The van der Waals surface area contributed by atoms with E-state index in [9.17, 15) is 4.79 Å². The molecule has 0 saturated carbocycles. The number of nitrogens with zero attached hydrogens (tertiary/aromatic N) is 1. The summed E-state index contributed by atoms with van der Waals surface area (Å²) < 4.78 is 16.0.